The van der Waals surface area contributed by atoms with Crippen molar-refractivity contribution in [2.45, 2.75) is 26.3 Å². The lowest BCUT2D eigenvalue weighted by Crippen LogP contribution is -2.33. The molecule has 2 aromatic carbocycles. The van der Waals surface area contributed by atoms with Gasteiger partial charge in [-0.1, -0.05) is 24.6 Å². The van der Waals surface area contributed by atoms with Gasteiger partial charge in [0, 0.05) is 28.8 Å². The SMILES string of the molecule is CC[C@H](C)NC(=O)c1cc(-c2ccc([N+](=O)[O-])cc2)nn1-c1cccc(Cl)c1. The van der Waals surface area contributed by atoms with Crippen LogP contribution >= 0.6 is 11.6 Å². The van der Waals surface area contributed by atoms with E-state index in [1.165, 1.54) is 16.8 Å². The minimum absolute atomic E-state index is 0.00670. The number of nitrogens with one attached hydrogen (secondary N) is 1. The number of non-ortho nitro benzene ring substituents is 1. The summed E-state index contributed by atoms with van der Waals surface area (Å²) >= 11 is 6.10. The number of nitrogens with zero attached hydrogens (tertiary/aromatic N) is 3. The van der Waals surface area contributed by atoms with E-state index in [0.29, 0.717) is 27.7 Å². The minimum Gasteiger partial charge on any atom is -0.348 e. The molecule has 0 unspecified atom stereocenters. The van der Waals surface area contributed by atoms with Crippen LogP contribution in [0.4, 0.5) is 5.69 Å². The summed E-state index contributed by atoms with van der Waals surface area (Å²) in [4.78, 5) is 23.2. The first-order valence-electron chi connectivity index (χ1n) is 8.80. The predicted octanol–water partition coefficient (Wildman–Crippen LogP) is 4.63. The second kappa shape index (κ2) is 8.22. The first-order valence-corrected chi connectivity index (χ1v) is 9.18. The van der Waals surface area contributed by atoms with Crippen molar-refractivity contribution in [2.24, 2.45) is 0 Å². The molecule has 0 saturated carbocycles. The highest BCUT2D eigenvalue weighted by molar-refractivity contribution is 6.30. The van der Waals surface area contributed by atoms with Crippen LogP contribution in [0.1, 0.15) is 30.8 Å². The molecule has 0 aliphatic carbocycles. The van der Waals surface area contributed by atoms with Gasteiger partial charge in [0.05, 0.1) is 16.3 Å². The first kappa shape index (κ1) is 19.6. The number of amides is 1. The summed E-state index contributed by atoms with van der Waals surface area (Å²) in [6.45, 7) is 3.91. The third kappa shape index (κ3) is 4.20. The average molecular weight is 399 g/mol. The van der Waals surface area contributed by atoms with Crippen molar-refractivity contribution in [3.8, 4) is 16.9 Å². The summed E-state index contributed by atoms with van der Waals surface area (Å²) in [5.74, 6) is -0.255. The quantitative estimate of drug-likeness (QED) is 0.484. The van der Waals surface area contributed by atoms with Crippen LogP contribution in [0.2, 0.25) is 5.02 Å². The third-order valence-corrected chi connectivity index (χ3v) is 4.59. The zero-order valence-corrected chi connectivity index (χ0v) is 16.2. The van der Waals surface area contributed by atoms with Crippen molar-refractivity contribution in [3.05, 3.63) is 75.4 Å². The van der Waals surface area contributed by atoms with Crippen molar-refractivity contribution >= 4 is 23.2 Å². The van der Waals surface area contributed by atoms with Gasteiger partial charge in [-0.25, -0.2) is 4.68 Å². The van der Waals surface area contributed by atoms with Gasteiger partial charge in [-0.15, -0.1) is 0 Å². The van der Waals surface area contributed by atoms with Crippen LogP contribution in [-0.2, 0) is 0 Å². The number of hydrogen-bond acceptors (Lipinski definition) is 4. The van der Waals surface area contributed by atoms with E-state index in [1.54, 1.807) is 42.5 Å². The van der Waals surface area contributed by atoms with E-state index in [9.17, 15) is 14.9 Å². The first-order chi connectivity index (χ1) is 13.4. The third-order valence-electron chi connectivity index (χ3n) is 4.36. The average Bonchev–Trinajstić information content (AvgIpc) is 3.13. The van der Waals surface area contributed by atoms with Gasteiger partial charge in [0.25, 0.3) is 11.6 Å². The van der Waals surface area contributed by atoms with Crippen molar-refractivity contribution in [1.29, 1.82) is 0 Å². The smallest absolute Gasteiger partial charge is 0.270 e. The number of rotatable bonds is 6. The number of carbonyl (C=O) groups excluding carboxylic acids is 1. The Morgan fingerprint density at radius 1 is 1.25 bits per heavy atom. The number of benzene rings is 2. The summed E-state index contributed by atoms with van der Waals surface area (Å²) in [5, 5.41) is 18.9. The molecule has 3 aromatic rings. The van der Waals surface area contributed by atoms with E-state index < -0.39 is 4.92 Å². The lowest BCUT2D eigenvalue weighted by atomic mass is 10.1. The van der Waals surface area contributed by atoms with E-state index in [2.05, 4.69) is 10.4 Å². The van der Waals surface area contributed by atoms with Crippen LogP contribution in [-0.4, -0.2) is 26.7 Å². The maximum Gasteiger partial charge on any atom is 0.270 e. The van der Waals surface area contributed by atoms with Crippen LogP contribution in [0.3, 0.4) is 0 Å². The summed E-state index contributed by atoms with van der Waals surface area (Å²) in [6.07, 6.45) is 0.798. The fourth-order valence-corrected chi connectivity index (χ4v) is 2.83. The second-order valence-electron chi connectivity index (χ2n) is 6.39. The van der Waals surface area contributed by atoms with Gasteiger partial charge >= 0.3 is 0 Å². The van der Waals surface area contributed by atoms with Gasteiger partial charge in [0.15, 0.2) is 0 Å². The number of aromatic nitrogens is 2. The van der Waals surface area contributed by atoms with Crippen molar-refractivity contribution in [2.75, 3.05) is 0 Å². The van der Waals surface area contributed by atoms with Gasteiger partial charge in [-0.3, -0.25) is 14.9 Å². The lowest BCUT2D eigenvalue weighted by Gasteiger charge is -2.12. The molecule has 28 heavy (non-hydrogen) atoms. The number of nitro benzene ring substituents is 1. The molecule has 3 rings (SSSR count). The van der Waals surface area contributed by atoms with Gasteiger partial charge in [-0.05, 0) is 49.7 Å². The summed E-state index contributed by atoms with van der Waals surface area (Å²) < 4.78 is 1.53. The fourth-order valence-electron chi connectivity index (χ4n) is 2.64. The molecule has 0 spiro atoms. The molecule has 7 nitrogen and oxygen atoms in total. The summed E-state index contributed by atoms with van der Waals surface area (Å²) in [5.41, 5.74) is 2.20. The maximum atomic E-state index is 12.8. The van der Waals surface area contributed by atoms with Crippen molar-refractivity contribution < 1.29 is 9.72 Å². The largest absolute Gasteiger partial charge is 0.348 e. The lowest BCUT2D eigenvalue weighted by molar-refractivity contribution is -0.384. The second-order valence-corrected chi connectivity index (χ2v) is 6.83. The Morgan fingerprint density at radius 3 is 2.57 bits per heavy atom. The van der Waals surface area contributed by atoms with Gasteiger partial charge < -0.3 is 5.32 Å². The normalized spacial score (nSPS) is 11.8. The van der Waals surface area contributed by atoms with E-state index >= 15 is 0 Å². The topological polar surface area (TPSA) is 90.1 Å². The van der Waals surface area contributed by atoms with Crippen LogP contribution in [0.15, 0.2) is 54.6 Å². The highest BCUT2D eigenvalue weighted by Gasteiger charge is 2.19. The molecule has 8 heteroatoms. The summed E-state index contributed by atoms with van der Waals surface area (Å²) in [6, 6.07) is 14.8. The van der Waals surface area contributed by atoms with Crippen LogP contribution in [0, 0.1) is 10.1 Å². The molecule has 0 aliphatic rings. The van der Waals surface area contributed by atoms with E-state index in [-0.39, 0.29) is 17.6 Å². The van der Waals surface area contributed by atoms with Crippen LogP contribution in [0.5, 0.6) is 0 Å². The van der Waals surface area contributed by atoms with Crippen LogP contribution in [0.25, 0.3) is 16.9 Å². The molecule has 0 radical (unpaired) electrons. The Balaban J connectivity index is 2.06. The Bertz CT molecular complexity index is 1010. The fraction of sp³-hybridized carbons (Fsp3) is 0.200. The number of halogens is 1. The molecule has 0 saturated heterocycles. The minimum atomic E-state index is -0.459. The molecule has 0 aliphatic heterocycles. The molecule has 1 heterocycles. The van der Waals surface area contributed by atoms with Crippen molar-refractivity contribution in [3.63, 3.8) is 0 Å². The van der Waals surface area contributed by atoms with Gasteiger partial charge in [-0.2, -0.15) is 5.10 Å². The molecule has 144 valence electrons. The van der Waals surface area contributed by atoms with Gasteiger partial charge in [0.1, 0.15) is 5.69 Å². The van der Waals surface area contributed by atoms with Gasteiger partial charge in [0.2, 0.25) is 0 Å². The molecule has 1 aromatic heterocycles. The Hall–Kier alpha value is -3.19. The maximum absolute atomic E-state index is 12.8. The molecular formula is C20H19ClN4O3. The highest BCUT2D eigenvalue weighted by Crippen LogP contribution is 2.25. The highest BCUT2D eigenvalue weighted by atomic mass is 35.5. The molecule has 0 bridgehead atoms. The predicted molar refractivity (Wildman–Crippen MR) is 108 cm³/mol. The molecular weight excluding hydrogens is 380 g/mol. The molecule has 1 atom stereocenters. The van der Waals surface area contributed by atoms with E-state index in [4.69, 9.17) is 11.6 Å². The monoisotopic (exact) mass is 398 g/mol. The zero-order chi connectivity index (χ0) is 20.3. The van der Waals surface area contributed by atoms with E-state index in [0.717, 1.165) is 6.42 Å². The number of carbonyl (C=O) groups is 1. The molecule has 0 fully saturated rings. The number of hydrogen-bond donors (Lipinski definition) is 1. The Morgan fingerprint density at radius 2 is 1.96 bits per heavy atom. The van der Waals surface area contributed by atoms with Crippen molar-refractivity contribution in [1.82, 2.24) is 15.1 Å². The Labute approximate surface area is 167 Å². The van der Waals surface area contributed by atoms with Crippen LogP contribution < -0.4 is 5.32 Å². The Kier molecular flexibility index (Phi) is 5.75. The molecule has 1 amide bonds. The molecule has 1 N–H and O–H groups in total. The number of nitro groups is 1. The zero-order valence-electron chi connectivity index (χ0n) is 15.4. The van der Waals surface area contributed by atoms with E-state index in [1.807, 2.05) is 13.8 Å². The standard InChI is InChI=1S/C20H19ClN4O3/c1-3-13(2)22-20(26)19-12-18(14-7-9-16(10-8-14)25(27)28)23-24(19)17-6-4-5-15(21)11-17/h4-13H,3H2,1-2H3,(H,22,26)/t13-/m0/s1. The summed E-state index contributed by atoms with van der Waals surface area (Å²) in [7, 11) is 0.